The number of hydrogen-bond donors (Lipinski definition) is 2. The summed E-state index contributed by atoms with van der Waals surface area (Å²) in [5, 5.41) is 0. The molecule has 1 fully saturated rings. The van der Waals surface area contributed by atoms with Crippen molar-refractivity contribution in [1.29, 1.82) is 0 Å². The standard InChI is InChI=1S/C21H23N3O2S2/c25-19(14-24-11-3-5-15-4-1-2-6-18(15)24)22-23-20(26)16-7-9-17(10-8-16)21-27-12-13-28-21/h1-2,4,6-10,21H,3,5,11-14H2,(H,22,25)(H,23,26). The third-order valence-electron chi connectivity index (χ3n) is 4.92. The highest BCUT2D eigenvalue weighted by Gasteiger charge is 2.20. The van der Waals surface area contributed by atoms with Gasteiger partial charge in [0.15, 0.2) is 0 Å². The van der Waals surface area contributed by atoms with Crippen LogP contribution in [0.2, 0.25) is 0 Å². The maximum Gasteiger partial charge on any atom is 0.269 e. The van der Waals surface area contributed by atoms with Crippen molar-refractivity contribution in [2.45, 2.75) is 17.4 Å². The first kappa shape index (κ1) is 19.2. The molecule has 0 bridgehead atoms. The minimum Gasteiger partial charge on any atom is -0.362 e. The van der Waals surface area contributed by atoms with E-state index in [4.69, 9.17) is 0 Å². The van der Waals surface area contributed by atoms with Crippen LogP contribution in [0.5, 0.6) is 0 Å². The number of para-hydroxylation sites is 1. The first-order valence-corrected chi connectivity index (χ1v) is 11.6. The van der Waals surface area contributed by atoms with Crippen molar-refractivity contribution >= 4 is 41.0 Å². The van der Waals surface area contributed by atoms with Gasteiger partial charge >= 0.3 is 0 Å². The molecular weight excluding hydrogens is 390 g/mol. The number of carbonyl (C=O) groups excluding carboxylic acids is 2. The summed E-state index contributed by atoms with van der Waals surface area (Å²) in [4.78, 5) is 26.7. The summed E-state index contributed by atoms with van der Waals surface area (Å²) >= 11 is 3.87. The summed E-state index contributed by atoms with van der Waals surface area (Å²) in [6.07, 6.45) is 2.07. The van der Waals surface area contributed by atoms with Gasteiger partial charge in [-0.25, -0.2) is 0 Å². The van der Waals surface area contributed by atoms with Gasteiger partial charge in [-0.15, -0.1) is 23.5 Å². The van der Waals surface area contributed by atoms with Gasteiger partial charge < -0.3 is 4.90 Å². The highest BCUT2D eigenvalue weighted by molar-refractivity contribution is 8.19. The van der Waals surface area contributed by atoms with Gasteiger partial charge in [-0.05, 0) is 42.2 Å². The topological polar surface area (TPSA) is 61.4 Å². The average molecular weight is 414 g/mol. The van der Waals surface area contributed by atoms with Gasteiger partial charge in [-0.1, -0.05) is 30.3 Å². The summed E-state index contributed by atoms with van der Waals surface area (Å²) in [6.45, 7) is 1.07. The van der Waals surface area contributed by atoms with Crippen LogP contribution < -0.4 is 15.8 Å². The fourth-order valence-corrected chi connectivity index (χ4v) is 6.39. The number of fused-ring (bicyclic) bond motifs is 1. The molecule has 146 valence electrons. The van der Waals surface area contributed by atoms with Crippen molar-refractivity contribution in [2.24, 2.45) is 0 Å². The Labute approximate surface area is 173 Å². The molecule has 0 saturated carbocycles. The molecule has 0 unspecified atom stereocenters. The van der Waals surface area contributed by atoms with Crippen molar-refractivity contribution < 1.29 is 9.59 Å². The first-order valence-electron chi connectivity index (χ1n) is 9.46. The van der Waals surface area contributed by atoms with Gasteiger partial charge in [0.1, 0.15) is 0 Å². The molecule has 2 aromatic rings. The van der Waals surface area contributed by atoms with Gasteiger partial charge in [-0.2, -0.15) is 0 Å². The number of hydrogen-bond acceptors (Lipinski definition) is 5. The number of nitrogens with zero attached hydrogens (tertiary/aromatic N) is 1. The fraction of sp³-hybridized carbons (Fsp3) is 0.333. The molecule has 0 radical (unpaired) electrons. The zero-order valence-electron chi connectivity index (χ0n) is 15.5. The molecule has 2 aromatic carbocycles. The lowest BCUT2D eigenvalue weighted by atomic mass is 10.0. The molecule has 0 spiro atoms. The summed E-state index contributed by atoms with van der Waals surface area (Å²) in [7, 11) is 0. The number of carbonyl (C=O) groups is 2. The second kappa shape index (κ2) is 8.92. The largest absolute Gasteiger partial charge is 0.362 e. The van der Waals surface area contributed by atoms with Crippen molar-refractivity contribution in [3.63, 3.8) is 0 Å². The number of rotatable bonds is 4. The lowest BCUT2D eigenvalue weighted by Crippen LogP contribution is -2.47. The number of nitrogens with one attached hydrogen (secondary N) is 2. The molecule has 0 atom stereocenters. The van der Waals surface area contributed by atoms with Crippen LogP contribution in [0.15, 0.2) is 48.5 Å². The van der Waals surface area contributed by atoms with Gasteiger partial charge in [0.25, 0.3) is 11.8 Å². The Kier molecular flexibility index (Phi) is 6.12. The first-order chi connectivity index (χ1) is 13.7. The van der Waals surface area contributed by atoms with E-state index in [1.165, 1.54) is 22.6 Å². The van der Waals surface area contributed by atoms with Crippen molar-refractivity contribution in [1.82, 2.24) is 10.9 Å². The van der Waals surface area contributed by atoms with Crippen LogP contribution in [0.1, 0.15) is 32.5 Å². The Bertz CT molecular complexity index is 851. The second-order valence-electron chi connectivity index (χ2n) is 6.85. The zero-order chi connectivity index (χ0) is 19.3. The minimum atomic E-state index is -0.300. The molecule has 0 aliphatic carbocycles. The van der Waals surface area contributed by atoms with E-state index in [2.05, 4.69) is 21.8 Å². The van der Waals surface area contributed by atoms with E-state index in [-0.39, 0.29) is 18.4 Å². The van der Waals surface area contributed by atoms with Crippen LogP contribution in [0.3, 0.4) is 0 Å². The number of thioether (sulfide) groups is 2. The SMILES string of the molecule is O=C(CN1CCCc2ccccc21)NNC(=O)c1ccc(C2SCCS2)cc1. The number of aryl methyl sites for hydroxylation is 1. The van der Waals surface area contributed by atoms with Crippen LogP contribution in [-0.2, 0) is 11.2 Å². The third-order valence-corrected chi connectivity index (χ3v) is 8.03. The van der Waals surface area contributed by atoms with E-state index in [9.17, 15) is 9.59 Å². The Morgan fingerprint density at radius 1 is 1.00 bits per heavy atom. The molecule has 4 rings (SSSR count). The van der Waals surface area contributed by atoms with Crippen LogP contribution >= 0.6 is 23.5 Å². The highest BCUT2D eigenvalue weighted by Crippen LogP contribution is 2.45. The molecule has 1 saturated heterocycles. The highest BCUT2D eigenvalue weighted by atomic mass is 32.2. The third kappa shape index (κ3) is 4.47. The van der Waals surface area contributed by atoms with E-state index in [1.807, 2.05) is 66.0 Å². The molecule has 7 heteroatoms. The van der Waals surface area contributed by atoms with Crippen LogP contribution in [0.4, 0.5) is 5.69 Å². The summed E-state index contributed by atoms with van der Waals surface area (Å²) in [5.74, 6) is 1.82. The Morgan fingerprint density at radius 3 is 2.54 bits per heavy atom. The van der Waals surface area contributed by atoms with E-state index < -0.39 is 0 Å². The second-order valence-corrected chi connectivity index (χ2v) is 9.58. The normalized spacial score (nSPS) is 16.5. The maximum atomic E-state index is 12.3. The number of amides is 2. The maximum absolute atomic E-state index is 12.3. The number of benzene rings is 2. The Balaban J connectivity index is 1.29. The van der Waals surface area contributed by atoms with E-state index in [0.29, 0.717) is 10.1 Å². The molecule has 5 nitrogen and oxygen atoms in total. The van der Waals surface area contributed by atoms with Crippen molar-refractivity contribution in [3.8, 4) is 0 Å². The molecule has 0 aromatic heterocycles. The molecule has 2 amide bonds. The monoisotopic (exact) mass is 413 g/mol. The molecule has 2 aliphatic heterocycles. The molecule has 2 heterocycles. The van der Waals surface area contributed by atoms with Gasteiger partial charge in [-0.3, -0.25) is 20.4 Å². The van der Waals surface area contributed by atoms with Gasteiger partial charge in [0.05, 0.1) is 11.1 Å². The molecule has 2 N–H and O–H groups in total. The molecular formula is C21H23N3O2S2. The summed E-state index contributed by atoms with van der Waals surface area (Å²) in [6, 6.07) is 15.8. The van der Waals surface area contributed by atoms with Crippen LogP contribution in [0.25, 0.3) is 0 Å². The molecule has 28 heavy (non-hydrogen) atoms. The lowest BCUT2D eigenvalue weighted by molar-refractivity contribution is -0.120. The smallest absolute Gasteiger partial charge is 0.269 e. The van der Waals surface area contributed by atoms with Crippen LogP contribution in [-0.4, -0.2) is 36.4 Å². The predicted octanol–water partition coefficient (Wildman–Crippen LogP) is 3.38. The van der Waals surface area contributed by atoms with Crippen molar-refractivity contribution in [2.75, 3.05) is 29.5 Å². The Morgan fingerprint density at radius 2 is 1.75 bits per heavy atom. The summed E-state index contributed by atoms with van der Waals surface area (Å²) < 4.78 is 0.462. The summed E-state index contributed by atoms with van der Waals surface area (Å²) in [5.41, 5.74) is 9.21. The minimum absolute atomic E-state index is 0.222. The zero-order valence-corrected chi connectivity index (χ0v) is 17.2. The van der Waals surface area contributed by atoms with E-state index in [1.54, 1.807) is 0 Å². The molecule has 2 aliphatic rings. The van der Waals surface area contributed by atoms with E-state index >= 15 is 0 Å². The lowest BCUT2D eigenvalue weighted by Gasteiger charge is -2.30. The van der Waals surface area contributed by atoms with Gasteiger partial charge in [0.2, 0.25) is 0 Å². The van der Waals surface area contributed by atoms with Crippen LogP contribution in [0, 0.1) is 0 Å². The van der Waals surface area contributed by atoms with Gasteiger partial charge in [0, 0.05) is 29.3 Å². The number of hydrazine groups is 1. The number of anilines is 1. The van der Waals surface area contributed by atoms with Crippen molar-refractivity contribution in [3.05, 3.63) is 65.2 Å². The fourth-order valence-electron chi connectivity index (χ4n) is 3.53. The Hall–Kier alpha value is -2.12. The van der Waals surface area contributed by atoms with E-state index in [0.717, 1.165) is 25.1 Å². The average Bonchev–Trinajstić information content (AvgIpc) is 3.27. The predicted molar refractivity (Wildman–Crippen MR) is 117 cm³/mol. The quantitative estimate of drug-likeness (QED) is 0.753.